The van der Waals surface area contributed by atoms with Crippen molar-refractivity contribution in [1.82, 2.24) is 15.0 Å². The Morgan fingerprint density at radius 1 is 1.04 bits per heavy atom. The Balaban J connectivity index is 1.63. The number of hydrogen-bond donors (Lipinski definition) is 2. The van der Waals surface area contributed by atoms with Gasteiger partial charge in [-0.2, -0.15) is 0 Å². The Labute approximate surface area is 147 Å². The molecule has 0 atom stereocenters. The molecule has 0 amide bonds. The largest absolute Gasteiger partial charge is 0.454 e. The van der Waals surface area contributed by atoms with Crippen molar-refractivity contribution in [3.8, 4) is 0 Å². The van der Waals surface area contributed by atoms with E-state index in [2.05, 4.69) is 15.0 Å². The molecule has 0 radical (unpaired) electrons. The van der Waals surface area contributed by atoms with Crippen molar-refractivity contribution in [2.45, 2.75) is 6.61 Å². The Morgan fingerprint density at radius 2 is 1.77 bits per heavy atom. The van der Waals surface area contributed by atoms with Crippen LogP contribution in [-0.4, -0.2) is 20.9 Å². The number of fused-ring (bicyclic) bond motifs is 2. The number of aromatic amines is 1. The molecule has 7 heteroatoms. The van der Waals surface area contributed by atoms with Gasteiger partial charge in [0.05, 0.1) is 11.1 Å². The lowest BCUT2D eigenvalue weighted by Gasteiger charge is -2.08. The molecule has 4 rings (SSSR count). The van der Waals surface area contributed by atoms with Crippen LogP contribution >= 0.6 is 0 Å². The lowest BCUT2D eigenvalue weighted by molar-refractivity contribution is 0.0465. The third kappa shape index (κ3) is 2.86. The fourth-order valence-electron chi connectivity index (χ4n) is 2.80. The topological polar surface area (TPSA) is 111 Å². The summed E-state index contributed by atoms with van der Waals surface area (Å²) in [6.45, 7) is -0.144. The third-order valence-corrected chi connectivity index (χ3v) is 3.98. The first kappa shape index (κ1) is 15.8. The minimum absolute atomic E-state index is 0.144. The average Bonchev–Trinajstić information content (AvgIpc) is 2.65. The van der Waals surface area contributed by atoms with Crippen LogP contribution in [-0.2, 0) is 11.3 Å². The summed E-state index contributed by atoms with van der Waals surface area (Å²) in [6, 6.07) is 15.6. The number of pyridine rings is 1. The summed E-state index contributed by atoms with van der Waals surface area (Å²) in [7, 11) is 0. The second-order valence-corrected chi connectivity index (χ2v) is 5.71. The number of carbonyl (C=O) groups excluding carboxylic acids is 1. The standard InChI is InChI=1S/C19H14N4O3/c20-18-12-6-2-4-8-15(12)21-16(23-18)10-26-19(25)13-9-17(24)22-14-7-3-1-5-11(13)14/h1-9H,10H2,(H,22,24)(H2,20,21,23). The van der Waals surface area contributed by atoms with Crippen LogP contribution in [0.15, 0.2) is 59.4 Å². The fraction of sp³-hybridized carbons (Fsp3) is 0.0526. The Morgan fingerprint density at radius 3 is 2.62 bits per heavy atom. The number of carbonyl (C=O) groups is 1. The van der Waals surface area contributed by atoms with Gasteiger partial charge in [0.1, 0.15) is 5.82 Å². The smallest absolute Gasteiger partial charge is 0.339 e. The van der Waals surface area contributed by atoms with E-state index in [0.717, 1.165) is 5.39 Å². The summed E-state index contributed by atoms with van der Waals surface area (Å²) in [5.41, 5.74) is 6.99. The van der Waals surface area contributed by atoms with E-state index < -0.39 is 5.97 Å². The van der Waals surface area contributed by atoms with Gasteiger partial charge in [-0.3, -0.25) is 4.79 Å². The second kappa shape index (κ2) is 6.29. The summed E-state index contributed by atoms with van der Waals surface area (Å²) in [6.07, 6.45) is 0. The SMILES string of the molecule is Nc1nc(COC(=O)c2cc(=O)[nH]c3ccccc23)nc2ccccc12. The van der Waals surface area contributed by atoms with Crippen molar-refractivity contribution in [2.24, 2.45) is 0 Å². The van der Waals surface area contributed by atoms with Crippen LogP contribution in [0.1, 0.15) is 16.2 Å². The zero-order valence-electron chi connectivity index (χ0n) is 13.6. The summed E-state index contributed by atoms with van der Waals surface area (Å²) in [5, 5.41) is 1.35. The molecule has 0 saturated carbocycles. The average molecular weight is 346 g/mol. The zero-order chi connectivity index (χ0) is 18.1. The number of nitrogens with one attached hydrogen (secondary N) is 1. The molecule has 0 unspecified atom stereocenters. The molecule has 2 heterocycles. The number of esters is 1. The number of nitrogens with zero attached hydrogens (tertiary/aromatic N) is 2. The molecule has 2 aromatic heterocycles. The number of ether oxygens (including phenoxy) is 1. The van der Waals surface area contributed by atoms with Gasteiger partial charge in [0, 0.05) is 22.4 Å². The van der Waals surface area contributed by atoms with Gasteiger partial charge in [-0.1, -0.05) is 30.3 Å². The first-order chi connectivity index (χ1) is 12.6. The van der Waals surface area contributed by atoms with E-state index in [1.807, 2.05) is 24.3 Å². The van der Waals surface area contributed by atoms with Crippen molar-refractivity contribution in [3.05, 3.63) is 76.3 Å². The monoisotopic (exact) mass is 346 g/mol. The summed E-state index contributed by atoms with van der Waals surface area (Å²) in [4.78, 5) is 35.4. The number of nitrogen functional groups attached to an aromatic ring is 1. The number of benzene rings is 2. The predicted molar refractivity (Wildman–Crippen MR) is 97.6 cm³/mol. The normalized spacial score (nSPS) is 10.9. The summed E-state index contributed by atoms with van der Waals surface area (Å²) < 4.78 is 5.31. The van der Waals surface area contributed by atoms with Gasteiger partial charge in [-0.05, 0) is 18.2 Å². The van der Waals surface area contributed by atoms with Crippen molar-refractivity contribution < 1.29 is 9.53 Å². The highest BCUT2D eigenvalue weighted by Crippen LogP contribution is 2.19. The Hall–Kier alpha value is -3.74. The van der Waals surface area contributed by atoms with E-state index in [1.165, 1.54) is 6.07 Å². The third-order valence-electron chi connectivity index (χ3n) is 3.98. The molecule has 7 nitrogen and oxygen atoms in total. The Kier molecular flexibility index (Phi) is 3.81. The van der Waals surface area contributed by atoms with Gasteiger partial charge in [-0.15, -0.1) is 0 Å². The Bertz CT molecular complexity index is 1200. The minimum atomic E-state index is -0.623. The van der Waals surface area contributed by atoms with Gasteiger partial charge in [0.15, 0.2) is 12.4 Å². The maximum atomic E-state index is 12.5. The maximum Gasteiger partial charge on any atom is 0.339 e. The van der Waals surface area contributed by atoms with Crippen LogP contribution in [0.25, 0.3) is 21.8 Å². The van der Waals surface area contributed by atoms with E-state index in [-0.39, 0.29) is 17.7 Å². The lowest BCUT2D eigenvalue weighted by Crippen LogP contribution is -2.13. The molecule has 0 bridgehead atoms. The highest BCUT2D eigenvalue weighted by molar-refractivity contribution is 6.03. The number of para-hydroxylation sites is 2. The maximum absolute atomic E-state index is 12.5. The van der Waals surface area contributed by atoms with Crippen molar-refractivity contribution >= 4 is 33.6 Å². The minimum Gasteiger partial charge on any atom is -0.454 e. The van der Waals surface area contributed by atoms with Gasteiger partial charge < -0.3 is 15.5 Å². The predicted octanol–water partition coefficient (Wildman–Crippen LogP) is 2.41. The number of rotatable bonds is 3. The first-order valence-electron chi connectivity index (χ1n) is 7.92. The van der Waals surface area contributed by atoms with E-state index in [1.54, 1.807) is 24.3 Å². The molecular weight excluding hydrogens is 332 g/mol. The molecule has 3 N–H and O–H groups in total. The highest BCUT2D eigenvalue weighted by Gasteiger charge is 2.14. The number of anilines is 1. The number of H-pyrrole nitrogens is 1. The van der Waals surface area contributed by atoms with E-state index >= 15 is 0 Å². The number of hydrogen-bond acceptors (Lipinski definition) is 6. The van der Waals surface area contributed by atoms with Gasteiger partial charge in [-0.25, -0.2) is 14.8 Å². The molecule has 0 aliphatic rings. The van der Waals surface area contributed by atoms with Crippen molar-refractivity contribution in [2.75, 3.05) is 5.73 Å². The molecule has 128 valence electrons. The molecule has 0 aliphatic carbocycles. The van der Waals surface area contributed by atoms with Crippen LogP contribution in [0.5, 0.6) is 0 Å². The quantitative estimate of drug-likeness (QED) is 0.551. The first-order valence-corrected chi connectivity index (χ1v) is 7.92. The van der Waals surface area contributed by atoms with Gasteiger partial charge in [0.25, 0.3) is 0 Å². The van der Waals surface area contributed by atoms with Crippen molar-refractivity contribution in [3.63, 3.8) is 0 Å². The molecular formula is C19H14N4O3. The molecule has 0 fully saturated rings. The van der Waals surface area contributed by atoms with Crippen molar-refractivity contribution in [1.29, 1.82) is 0 Å². The number of aromatic nitrogens is 3. The van der Waals surface area contributed by atoms with Crippen LogP contribution in [0.3, 0.4) is 0 Å². The second-order valence-electron chi connectivity index (χ2n) is 5.71. The molecule has 0 aliphatic heterocycles. The molecule has 26 heavy (non-hydrogen) atoms. The molecule has 0 spiro atoms. The lowest BCUT2D eigenvalue weighted by atomic mass is 10.1. The van der Waals surface area contributed by atoms with Crippen LogP contribution in [0.2, 0.25) is 0 Å². The van der Waals surface area contributed by atoms with Crippen LogP contribution in [0, 0.1) is 0 Å². The highest BCUT2D eigenvalue weighted by atomic mass is 16.5. The van der Waals surface area contributed by atoms with Gasteiger partial charge in [0.2, 0.25) is 5.56 Å². The number of nitrogens with two attached hydrogens (primary N) is 1. The fourth-order valence-corrected chi connectivity index (χ4v) is 2.80. The van der Waals surface area contributed by atoms with Crippen LogP contribution < -0.4 is 11.3 Å². The van der Waals surface area contributed by atoms with E-state index in [0.29, 0.717) is 28.1 Å². The summed E-state index contributed by atoms with van der Waals surface area (Å²) in [5.74, 6) is -0.00502. The van der Waals surface area contributed by atoms with E-state index in [9.17, 15) is 9.59 Å². The molecule has 4 aromatic rings. The summed E-state index contributed by atoms with van der Waals surface area (Å²) >= 11 is 0. The zero-order valence-corrected chi connectivity index (χ0v) is 13.6. The van der Waals surface area contributed by atoms with Gasteiger partial charge >= 0.3 is 5.97 Å². The molecule has 2 aromatic carbocycles. The molecule has 0 saturated heterocycles. The van der Waals surface area contributed by atoms with E-state index in [4.69, 9.17) is 10.5 Å². The van der Waals surface area contributed by atoms with Crippen LogP contribution in [0.4, 0.5) is 5.82 Å².